The molecule has 0 aliphatic heterocycles. The van der Waals surface area contributed by atoms with Crippen LogP contribution in [0.1, 0.15) is 18.5 Å². The number of nitrogens with zero attached hydrogens (tertiary/aromatic N) is 3. The second kappa shape index (κ2) is 10.4. The van der Waals surface area contributed by atoms with E-state index in [1.807, 2.05) is 12.1 Å². The topological polar surface area (TPSA) is 132 Å². The Balaban J connectivity index is 1.28. The molecule has 2 heterocycles. The van der Waals surface area contributed by atoms with E-state index in [0.29, 0.717) is 35.2 Å². The van der Waals surface area contributed by atoms with E-state index in [-0.39, 0.29) is 6.03 Å². The van der Waals surface area contributed by atoms with Gasteiger partial charge in [0.1, 0.15) is 5.82 Å². The molecule has 0 unspecified atom stereocenters. The summed E-state index contributed by atoms with van der Waals surface area (Å²) >= 11 is 8.57. The van der Waals surface area contributed by atoms with Crippen molar-refractivity contribution >= 4 is 62.4 Å². The summed E-state index contributed by atoms with van der Waals surface area (Å²) in [5, 5.41) is 15.2. The van der Waals surface area contributed by atoms with Crippen LogP contribution >= 0.6 is 28.1 Å². The molecular weight excluding hydrogens is 494 g/mol. The summed E-state index contributed by atoms with van der Waals surface area (Å²) in [7, 11) is 0. The Bertz CT molecular complexity index is 1070. The van der Waals surface area contributed by atoms with Gasteiger partial charge in [-0.05, 0) is 65.3 Å². The van der Waals surface area contributed by atoms with Crippen molar-refractivity contribution in [2.45, 2.75) is 25.3 Å². The number of aromatic nitrogens is 4. The van der Waals surface area contributed by atoms with Crippen LogP contribution in [0.4, 0.5) is 27.9 Å². The molecule has 0 spiro atoms. The predicted octanol–water partition coefficient (Wildman–Crippen LogP) is 3.52. The summed E-state index contributed by atoms with van der Waals surface area (Å²) in [6.45, 7) is 0.694. The van der Waals surface area contributed by atoms with Crippen molar-refractivity contribution in [3.8, 4) is 0 Å². The second-order valence-electron chi connectivity index (χ2n) is 7.17. The number of anilines is 4. The van der Waals surface area contributed by atoms with Gasteiger partial charge in [0.25, 0.3) is 0 Å². The number of benzene rings is 1. The molecule has 1 aliphatic rings. The molecule has 1 aromatic carbocycles. The third-order valence-electron chi connectivity index (χ3n) is 4.52. The Morgan fingerprint density at radius 2 is 1.97 bits per heavy atom. The third-order valence-corrected chi connectivity index (χ3v) is 5.32. The Hall–Kier alpha value is -3.25. The molecule has 10 nitrogen and oxygen atoms in total. The predicted molar refractivity (Wildman–Crippen MR) is 131 cm³/mol. The van der Waals surface area contributed by atoms with Crippen molar-refractivity contribution in [3.05, 3.63) is 53.2 Å². The van der Waals surface area contributed by atoms with Crippen LogP contribution in [0.5, 0.6) is 0 Å². The summed E-state index contributed by atoms with van der Waals surface area (Å²) in [6, 6.07) is 7.22. The van der Waals surface area contributed by atoms with Gasteiger partial charge in [0.2, 0.25) is 5.95 Å². The smallest absolute Gasteiger partial charge is 0.325 e. The van der Waals surface area contributed by atoms with Gasteiger partial charge in [-0.3, -0.25) is 5.32 Å². The number of aromatic amines is 1. The van der Waals surface area contributed by atoms with Crippen LogP contribution in [0.3, 0.4) is 0 Å². The lowest BCUT2D eigenvalue weighted by Crippen LogP contribution is -2.42. The average Bonchev–Trinajstić information content (AvgIpc) is 3.42. The number of H-pyrrole nitrogens is 1. The number of carbonyl (C=O) groups excluding carboxylic acids is 1. The Morgan fingerprint density at radius 3 is 2.69 bits per heavy atom. The maximum absolute atomic E-state index is 12.0. The molecule has 2 aromatic heterocycles. The van der Waals surface area contributed by atoms with Crippen LogP contribution in [-0.2, 0) is 6.42 Å². The normalized spacial score (nSPS) is 12.7. The number of amides is 2. The highest BCUT2D eigenvalue weighted by atomic mass is 79.9. The number of urea groups is 1. The van der Waals surface area contributed by atoms with Crippen molar-refractivity contribution in [2.24, 2.45) is 0 Å². The maximum Gasteiger partial charge on any atom is 0.325 e. The van der Waals surface area contributed by atoms with Crippen LogP contribution in [0, 0.1) is 0 Å². The number of halogens is 1. The molecule has 166 valence electrons. The molecule has 32 heavy (non-hydrogen) atoms. The second-order valence-corrected chi connectivity index (χ2v) is 8.44. The van der Waals surface area contributed by atoms with Crippen LogP contribution in [0.25, 0.3) is 0 Å². The zero-order chi connectivity index (χ0) is 22.3. The van der Waals surface area contributed by atoms with E-state index in [9.17, 15) is 4.79 Å². The molecule has 0 saturated heterocycles. The number of rotatable bonds is 8. The monoisotopic (exact) mass is 515 g/mol. The molecule has 6 N–H and O–H groups in total. The Morgan fingerprint density at radius 1 is 1.19 bits per heavy atom. The SMILES string of the molecule is O=C(NC(=S)NC1CC1)Nc1ccc(Nc2ncc(Br)c(NCCc3cnc[nH]3)n2)cc1. The largest absolute Gasteiger partial charge is 0.369 e. The van der Waals surface area contributed by atoms with E-state index in [4.69, 9.17) is 12.2 Å². The number of hydrogen-bond acceptors (Lipinski definition) is 7. The molecular formula is C20H22BrN9OS. The third kappa shape index (κ3) is 6.62. The van der Waals surface area contributed by atoms with Crippen molar-refractivity contribution in [3.63, 3.8) is 0 Å². The summed E-state index contributed by atoms with van der Waals surface area (Å²) < 4.78 is 0.771. The number of carbonyl (C=O) groups is 1. The molecule has 1 saturated carbocycles. The highest BCUT2D eigenvalue weighted by molar-refractivity contribution is 9.10. The number of hydrogen-bond donors (Lipinski definition) is 6. The summed E-state index contributed by atoms with van der Waals surface area (Å²) in [5.41, 5.74) is 2.47. The lowest BCUT2D eigenvalue weighted by atomic mass is 10.3. The van der Waals surface area contributed by atoms with Gasteiger partial charge in [-0.1, -0.05) is 0 Å². The summed E-state index contributed by atoms with van der Waals surface area (Å²) in [6.07, 6.45) is 8.11. The molecule has 4 rings (SSSR count). The number of nitrogens with one attached hydrogen (secondary N) is 6. The fraction of sp³-hybridized carbons (Fsp3) is 0.250. The van der Waals surface area contributed by atoms with Gasteiger partial charge in [0.15, 0.2) is 5.11 Å². The molecule has 3 aromatic rings. The zero-order valence-corrected chi connectivity index (χ0v) is 19.4. The van der Waals surface area contributed by atoms with Gasteiger partial charge < -0.3 is 26.3 Å². The van der Waals surface area contributed by atoms with Crippen LogP contribution in [0.15, 0.2) is 47.5 Å². The first kappa shape index (κ1) is 22.0. The van der Waals surface area contributed by atoms with E-state index in [2.05, 4.69) is 62.4 Å². The molecule has 0 bridgehead atoms. The van der Waals surface area contributed by atoms with Crippen LogP contribution < -0.4 is 26.6 Å². The maximum atomic E-state index is 12.0. The summed E-state index contributed by atoms with van der Waals surface area (Å²) in [5.74, 6) is 1.14. The minimum atomic E-state index is -0.383. The van der Waals surface area contributed by atoms with E-state index >= 15 is 0 Å². The molecule has 1 aliphatic carbocycles. The van der Waals surface area contributed by atoms with Gasteiger partial charge in [-0.2, -0.15) is 4.98 Å². The Kier molecular flexibility index (Phi) is 7.12. The average molecular weight is 516 g/mol. The summed E-state index contributed by atoms with van der Waals surface area (Å²) in [4.78, 5) is 27.9. The van der Waals surface area contributed by atoms with Gasteiger partial charge in [-0.25, -0.2) is 14.8 Å². The lowest BCUT2D eigenvalue weighted by molar-refractivity contribution is 0.256. The quantitative estimate of drug-likeness (QED) is 0.251. The van der Waals surface area contributed by atoms with Gasteiger partial charge in [0.05, 0.1) is 10.8 Å². The number of imidazole rings is 1. The van der Waals surface area contributed by atoms with E-state index < -0.39 is 0 Å². The molecule has 2 amide bonds. The van der Waals surface area contributed by atoms with Crippen molar-refractivity contribution in [1.82, 2.24) is 30.6 Å². The Labute approximate surface area is 198 Å². The number of thiocarbonyl (C=S) groups is 1. The van der Waals surface area contributed by atoms with Gasteiger partial charge in [-0.15, -0.1) is 0 Å². The van der Waals surface area contributed by atoms with Crippen LogP contribution in [-0.4, -0.2) is 43.7 Å². The first-order valence-corrected chi connectivity index (χ1v) is 11.2. The van der Waals surface area contributed by atoms with E-state index in [0.717, 1.165) is 35.1 Å². The minimum Gasteiger partial charge on any atom is -0.369 e. The molecule has 1 fully saturated rings. The molecule has 12 heteroatoms. The fourth-order valence-electron chi connectivity index (χ4n) is 2.77. The first-order valence-electron chi connectivity index (χ1n) is 10.0. The van der Waals surface area contributed by atoms with Crippen molar-refractivity contribution < 1.29 is 4.79 Å². The molecule has 0 atom stereocenters. The minimum absolute atomic E-state index is 0.338. The van der Waals surface area contributed by atoms with Gasteiger partial charge in [0, 0.05) is 48.5 Å². The van der Waals surface area contributed by atoms with Crippen LogP contribution in [0.2, 0.25) is 0 Å². The zero-order valence-electron chi connectivity index (χ0n) is 17.0. The van der Waals surface area contributed by atoms with Crippen molar-refractivity contribution in [1.29, 1.82) is 0 Å². The highest BCUT2D eigenvalue weighted by Crippen LogP contribution is 2.23. The highest BCUT2D eigenvalue weighted by Gasteiger charge is 2.22. The first-order chi connectivity index (χ1) is 15.5. The fourth-order valence-corrected chi connectivity index (χ4v) is 3.36. The molecule has 0 radical (unpaired) electrons. The van der Waals surface area contributed by atoms with E-state index in [1.54, 1.807) is 30.9 Å². The van der Waals surface area contributed by atoms with E-state index in [1.165, 1.54) is 0 Å². The van der Waals surface area contributed by atoms with Gasteiger partial charge >= 0.3 is 6.03 Å². The lowest BCUT2D eigenvalue weighted by Gasteiger charge is -2.11. The van der Waals surface area contributed by atoms with Crippen molar-refractivity contribution in [2.75, 3.05) is 22.5 Å². The standard InChI is InChI=1S/C20H22BrN9OS/c21-16-10-24-18(29-17(16)23-8-7-15-9-22-11-25-15)26-12-1-3-13(4-2-12)27-19(31)30-20(32)28-14-5-6-14/h1-4,9-11,14H,5-8H2,(H,22,25)(H2,23,24,26,29)(H3,27,28,30,31,32).